The lowest BCUT2D eigenvalue weighted by molar-refractivity contribution is -0.121. The van der Waals surface area contributed by atoms with E-state index >= 15 is 0 Å². The first-order chi connectivity index (χ1) is 13.5. The molecular weight excluding hydrogens is 422 g/mol. The van der Waals surface area contributed by atoms with Crippen LogP contribution in [0.2, 0.25) is 0 Å². The van der Waals surface area contributed by atoms with Crippen LogP contribution >= 0.6 is 15.9 Å². The summed E-state index contributed by atoms with van der Waals surface area (Å²) in [4.78, 5) is 26.8. The summed E-state index contributed by atoms with van der Waals surface area (Å²) in [5, 5.41) is 5.87. The van der Waals surface area contributed by atoms with Crippen LogP contribution in [0.1, 0.15) is 43.5 Å². The number of ether oxygens (including phenoxy) is 1. The van der Waals surface area contributed by atoms with E-state index in [1.165, 1.54) is 0 Å². The minimum Gasteiger partial charge on any atom is -0.379 e. The van der Waals surface area contributed by atoms with Gasteiger partial charge in [-0.1, -0.05) is 42.6 Å². The molecule has 0 aromatic heterocycles. The molecule has 2 amide bonds. The van der Waals surface area contributed by atoms with Crippen LogP contribution in [0.25, 0.3) is 0 Å². The quantitative estimate of drug-likeness (QED) is 0.571. The molecule has 6 nitrogen and oxygen atoms in total. The van der Waals surface area contributed by atoms with Crippen LogP contribution in [0.4, 0.5) is 0 Å². The van der Waals surface area contributed by atoms with E-state index < -0.39 is 0 Å². The Morgan fingerprint density at radius 2 is 1.75 bits per heavy atom. The second-order valence-electron chi connectivity index (χ2n) is 7.11. The topological polar surface area (TPSA) is 70.7 Å². The smallest absolute Gasteiger partial charge is 0.251 e. The number of hydrogen-bond donors (Lipinski definition) is 2. The van der Waals surface area contributed by atoms with Crippen molar-refractivity contribution >= 4 is 27.7 Å². The van der Waals surface area contributed by atoms with Crippen molar-refractivity contribution < 1.29 is 14.3 Å². The standard InChI is InChI=1S/C21H32BrN3O3/c1-3-16(4-2)19(25-11-13-28-14-12-25)15-24-20(26)9-10-23-21(27)17-5-7-18(22)8-6-17/h5-8,16,19H,3-4,9-15H2,1-2H3,(H,23,27)(H,24,26). The summed E-state index contributed by atoms with van der Waals surface area (Å²) in [6.07, 6.45) is 2.47. The highest BCUT2D eigenvalue weighted by molar-refractivity contribution is 9.10. The van der Waals surface area contributed by atoms with Gasteiger partial charge in [-0.05, 0) is 30.2 Å². The number of nitrogens with one attached hydrogen (secondary N) is 2. The van der Waals surface area contributed by atoms with E-state index in [0.29, 0.717) is 30.6 Å². The maximum atomic E-state index is 12.3. The molecule has 0 saturated carbocycles. The fourth-order valence-corrected chi connectivity index (χ4v) is 3.90. The van der Waals surface area contributed by atoms with Crippen molar-refractivity contribution in [2.24, 2.45) is 5.92 Å². The fourth-order valence-electron chi connectivity index (χ4n) is 3.64. The molecule has 0 radical (unpaired) electrons. The largest absolute Gasteiger partial charge is 0.379 e. The molecule has 0 aliphatic carbocycles. The molecule has 1 heterocycles. The highest BCUT2D eigenvalue weighted by Crippen LogP contribution is 2.19. The van der Waals surface area contributed by atoms with Crippen LogP contribution in [-0.2, 0) is 9.53 Å². The van der Waals surface area contributed by atoms with E-state index in [2.05, 4.69) is 45.3 Å². The second kappa shape index (κ2) is 12.2. The first-order valence-electron chi connectivity index (χ1n) is 10.2. The molecule has 1 aromatic carbocycles. The Labute approximate surface area is 176 Å². The number of carbonyl (C=O) groups is 2. The molecule has 28 heavy (non-hydrogen) atoms. The van der Waals surface area contributed by atoms with E-state index in [9.17, 15) is 9.59 Å². The number of halogens is 1. The van der Waals surface area contributed by atoms with E-state index in [0.717, 1.165) is 43.6 Å². The van der Waals surface area contributed by atoms with Crippen molar-refractivity contribution in [2.75, 3.05) is 39.4 Å². The molecule has 156 valence electrons. The zero-order valence-electron chi connectivity index (χ0n) is 16.9. The van der Waals surface area contributed by atoms with Crippen LogP contribution in [0, 0.1) is 5.92 Å². The lowest BCUT2D eigenvalue weighted by Crippen LogP contribution is -2.52. The molecular formula is C21H32BrN3O3. The molecule has 2 rings (SSSR count). The predicted molar refractivity (Wildman–Crippen MR) is 114 cm³/mol. The van der Waals surface area contributed by atoms with E-state index in [-0.39, 0.29) is 18.2 Å². The summed E-state index contributed by atoms with van der Waals surface area (Å²) in [6.45, 7) is 8.74. The van der Waals surface area contributed by atoms with E-state index in [4.69, 9.17) is 4.74 Å². The van der Waals surface area contributed by atoms with Crippen molar-refractivity contribution in [1.29, 1.82) is 0 Å². The molecule has 1 atom stereocenters. The predicted octanol–water partition coefficient (Wildman–Crippen LogP) is 2.82. The molecule has 2 N–H and O–H groups in total. The van der Waals surface area contributed by atoms with Gasteiger partial charge in [0, 0.05) is 48.7 Å². The van der Waals surface area contributed by atoms with Gasteiger partial charge in [-0.2, -0.15) is 0 Å². The third kappa shape index (κ3) is 7.18. The number of rotatable bonds is 10. The van der Waals surface area contributed by atoms with Gasteiger partial charge in [-0.25, -0.2) is 0 Å². The third-order valence-electron chi connectivity index (χ3n) is 5.36. The SMILES string of the molecule is CCC(CC)C(CNC(=O)CCNC(=O)c1ccc(Br)cc1)N1CCOCC1. The molecule has 1 fully saturated rings. The van der Waals surface area contributed by atoms with Crippen LogP contribution < -0.4 is 10.6 Å². The summed E-state index contributed by atoms with van der Waals surface area (Å²) >= 11 is 3.35. The first-order valence-corrected chi connectivity index (χ1v) is 11.0. The summed E-state index contributed by atoms with van der Waals surface area (Å²) in [7, 11) is 0. The Morgan fingerprint density at radius 3 is 2.36 bits per heavy atom. The number of amides is 2. The lowest BCUT2D eigenvalue weighted by atomic mass is 9.92. The maximum Gasteiger partial charge on any atom is 0.251 e. The molecule has 1 aliphatic rings. The minimum atomic E-state index is -0.163. The van der Waals surface area contributed by atoms with Gasteiger partial charge in [0.05, 0.1) is 13.2 Å². The first kappa shape index (κ1) is 22.8. The van der Waals surface area contributed by atoms with Gasteiger partial charge in [0.1, 0.15) is 0 Å². The van der Waals surface area contributed by atoms with E-state index in [1.54, 1.807) is 12.1 Å². The Bertz CT molecular complexity index is 614. The van der Waals surface area contributed by atoms with Gasteiger partial charge >= 0.3 is 0 Å². The van der Waals surface area contributed by atoms with Gasteiger partial charge in [-0.15, -0.1) is 0 Å². The monoisotopic (exact) mass is 453 g/mol. The van der Waals surface area contributed by atoms with Crippen molar-refractivity contribution in [1.82, 2.24) is 15.5 Å². The number of carbonyl (C=O) groups excluding carboxylic acids is 2. The second-order valence-corrected chi connectivity index (χ2v) is 8.02. The Morgan fingerprint density at radius 1 is 1.11 bits per heavy atom. The van der Waals surface area contributed by atoms with Crippen molar-refractivity contribution in [3.8, 4) is 0 Å². The molecule has 1 aliphatic heterocycles. The third-order valence-corrected chi connectivity index (χ3v) is 5.89. The highest BCUT2D eigenvalue weighted by atomic mass is 79.9. The van der Waals surface area contributed by atoms with Gasteiger partial charge in [0.25, 0.3) is 5.91 Å². The van der Waals surface area contributed by atoms with Crippen LogP contribution in [-0.4, -0.2) is 62.1 Å². The summed E-state index contributed by atoms with van der Waals surface area (Å²) in [5.74, 6) is 0.361. The Kier molecular flexibility index (Phi) is 9.95. The molecule has 1 aromatic rings. The number of benzene rings is 1. The fraction of sp³-hybridized carbons (Fsp3) is 0.619. The normalized spacial score (nSPS) is 16.0. The minimum absolute atomic E-state index is 0.0275. The van der Waals surface area contributed by atoms with Crippen LogP contribution in [0.15, 0.2) is 28.7 Å². The zero-order valence-corrected chi connectivity index (χ0v) is 18.5. The highest BCUT2D eigenvalue weighted by Gasteiger charge is 2.27. The summed E-state index contributed by atoms with van der Waals surface area (Å²) in [5.41, 5.74) is 0.588. The van der Waals surface area contributed by atoms with E-state index in [1.807, 2.05) is 12.1 Å². The van der Waals surface area contributed by atoms with Crippen molar-refractivity contribution in [3.63, 3.8) is 0 Å². The number of morpholine rings is 1. The Balaban J connectivity index is 1.76. The number of nitrogens with zero attached hydrogens (tertiary/aromatic N) is 1. The maximum absolute atomic E-state index is 12.3. The van der Waals surface area contributed by atoms with Crippen molar-refractivity contribution in [3.05, 3.63) is 34.3 Å². The molecule has 0 bridgehead atoms. The van der Waals surface area contributed by atoms with Crippen LogP contribution in [0.3, 0.4) is 0 Å². The van der Waals surface area contributed by atoms with Gasteiger partial charge < -0.3 is 15.4 Å². The Hall–Kier alpha value is -1.44. The summed E-state index contributed by atoms with van der Waals surface area (Å²) < 4.78 is 6.40. The summed E-state index contributed by atoms with van der Waals surface area (Å²) in [6, 6.07) is 7.49. The van der Waals surface area contributed by atoms with Gasteiger partial charge in [0.2, 0.25) is 5.91 Å². The van der Waals surface area contributed by atoms with Crippen LogP contribution in [0.5, 0.6) is 0 Å². The zero-order chi connectivity index (χ0) is 20.4. The lowest BCUT2D eigenvalue weighted by Gasteiger charge is -2.38. The van der Waals surface area contributed by atoms with Gasteiger partial charge in [-0.3, -0.25) is 14.5 Å². The molecule has 0 spiro atoms. The average molecular weight is 454 g/mol. The number of hydrogen-bond acceptors (Lipinski definition) is 4. The molecule has 1 unspecified atom stereocenters. The average Bonchev–Trinajstić information content (AvgIpc) is 2.72. The molecule has 1 saturated heterocycles. The van der Waals surface area contributed by atoms with Crippen molar-refractivity contribution in [2.45, 2.75) is 39.2 Å². The van der Waals surface area contributed by atoms with Gasteiger partial charge in [0.15, 0.2) is 0 Å². The molecule has 7 heteroatoms.